The van der Waals surface area contributed by atoms with Gasteiger partial charge < -0.3 is 20.0 Å². The Hall–Kier alpha value is -2.27. The van der Waals surface area contributed by atoms with E-state index in [4.69, 9.17) is 10.2 Å². The molecule has 0 saturated carbocycles. The zero-order valence-corrected chi connectivity index (χ0v) is 11.4. The predicted molar refractivity (Wildman–Crippen MR) is 78.0 cm³/mol. The number of hydrogen-bond acceptors (Lipinski definition) is 4. The summed E-state index contributed by atoms with van der Waals surface area (Å²) in [6.07, 6.45) is 0. The van der Waals surface area contributed by atoms with Gasteiger partial charge >= 0.3 is 0 Å². The topological polar surface area (TPSA) is 62.7 Å². The van der Waals surface area contributed by atoms with Crippen LogP contribution in [0.15, 0.2) is 40.8 Å². The zero-order valence-electron chi connectivity index (χ0n) is 11.4. The minimum Gasteiger partial charge on any atom is -0.455 e. The van der Waals surface area contributed by atoms with Crippen LogP contribution in [0.2, 0.25) is 0 Å². The summed E-state index contributed by atoms with van der Waals surface area (Å²) in [6.45, 7) is 1.74. The number of anilines is 2. The summed E-state index contributed by atoms with van der Waals surface area (Å²) in [7, 11) is 2.03. The van der Waals surface area contributed by atoms with E-state index in [1.807, 2.05) is 31.3 Å². The summed E-state index contributed by atoms with van der Waals surface area (Å²) >= 11 is 0. The minimum absolute atomic E-state index is 0.120. The molecule has 1 aromatic carbocycles. The Balaban J connectivity index is 1.95. The van der Waals surface area contributed by atoms with E-state index in [1.165, 1.54) is 0 Å². The first-order valence-electron chi connectivity index (χ1n) is 6.61. The van der Waals surface area contributed by atoms with Gasteiger partial charge in [0.05, 0.1) is 17.9 Å². The molecule has 1 aliphatic heterocycles. The smallest absolute Gasteiger partial charge is 0.294 e. The lowest BCUT2D eigenvalue weighted by Gasteiger charge is -2.35. The summed E-state index contributed by atoms with van der Waals surface area (Å²) in [5.41, 5.74) is 7.48. The molecule has 1 aromatic heterocycles. The van der Waals surface area contributed by atoms with Gasteiger partial charge in [-0.1, -0.05) is 12.1 Å². The molecule has 3 rings (SSSR count). The van der Waals surface area contributed by atoms with Crippen molar-refractivity contribution in [2.24, 2.45) is 5.73 Å². The molecule has 0 saturated heterocycles. The Bertz CT molecular complexity index is 636. The molecule has 104 valence electrons. The van der Waals surface area contributed by atoms with E-state index in [1.54, 1.807) is 17.0 Å². The SMILES string of the molecule is CN1CCN(C(=O)c2ccc(CN)o2)c2ccccc21. The molecule has 1 aliphatic rings. The van der Waals surface area contributed by atoms with Gasteiger partial charge in [0.15, 0.2) is 5.76 Å². The summed E-state index contributed by atoms with van der Waals surface area (Å²) in [4.78, 5) is 16.5. The van der Waals surface area contributed by atoms with Crippen LogP contribution in [-0.4, -0.2) is 26.0 Å². The largest absolute Gasteiger partial charge is 0.455 e. The average Bonchev–Trinajstić information content (AvgIpc) is 2.96. The van der Waals surface area contributed by atoms with E-state index >= 15 is 0 Å². The van der Waals surface area contributed by atoms with Gasteiger partial charge in [0, 0.05) is 20.1 Å². The quantitative estimate of drug-likeness (QED) is 0.905. The van der Waals surface area contributed by atoms with Crippen molar-refractivity contribution in [3.05, 3.63) is 47.9 Å². The number of amides is 1. The Morgan fingerprint density at radius 2 is 1.95 bits per heavy atom. The van der Waals surface area contributed by atoms with Crippen LogP contribution in [0.4, 0.5) is 11.4 Å². The van der Waals surface area contributed by atoms with E-state index in [9.17, 15) is 4.79 Å². The van der Waals surface area contributed by atoms with Gasteiger partial charge in [0.1, 0.15) is 5.76 Å². The lowest BCUT2D eigenvalue weighted by Crippen LogP contribution is -2.42. The standard InChI is InChI=1S/C15H17N3O2/c1-17-8-9-18(13-5-3-2-4-12(13)17)15(19)14-7-6-11(10-16)20-14/h2-7H,8-10,16H2,1H3. The third-order valence-electron chi connectivity index (χ3n) is 3.56. The van der Waals surface area contributed by atoms with Gasteiger partial charge in [-0.3, -0.25) is 4.79 Å². The number of hydrogen-bond donors (Lipinski definition) is 1. The number of rotatable bonds is 2. The highest BCUT2D eigenvalue weighted by molar-refractivity contribution is 6.06. The Kier molecular flexibility index (Phi) is 3.20. The number of fused-ring (bicyclic) bond motifs is 1. The Morgan fingerprint density at radius 3 is 2.65 bits per heavy atom. The van der Waals surface area contributed by atoms with Crippen LogP contribution >= 0.6 is 0 Å². The van der Waals surface area contributed by atoms with Crippen molar-refractivity contribution in [3.8, 4) is 0 Å². The number of nitrogens with zero attached hydrogens (tertiary/aromatic N) is 2. The molecule has 0 unspecified atom stereocenters. The fourth-order valence-electron chi connectivity index (χ4n) is 2.45. The number of carbonyl (C=O) groups excluding carboxylic acids is 1. The molecule has 0 atom stereocenters. The maximum Gasteiger partial charge on any atom is 0.294 e. The molecule has 0 spiro atoms. The second-order valence-electron chi connectivity index (χ2n) is 4.84. The monoisotopic (exact) mass is 271 g/mol. The molecule has 0 bridgehead atoms. The lowest BCUT2D eigenvalue weighted by atomic mass is 10.1. The van der Waals surface area contributed by atoms with Crippen LogP contribution in [0.5, 0.6) is 0 Å². The van der Waals surface area contributed by atoms with Crippen molar-refractivity contribution < 1.29 is 9.21 Å². The number of carbonyl (C=O) groups is 1. The van der Waals surface area contributed by atoms with Gasteiger partial charge in [-0.2, -0.15) is 0 Å². The van der Waals surface area contributed by atoms with Gasteiger partial charge in [0.25, 0.3) is 5.91 Å². The summed E-state index contributed by atoms with van der Waals surface area (Å²) < 4.78 is 5.46. The molecule has 2 aromatic rings. The Morgan fingerprint density at radius 1 is 1.20 bits per heavy atom. The van der Waals surface area contributed by atoms with E-state index in [0.29, 0.717) is 24.6 Å². The highest BCUT2D eigenvalue weighted by atomic mass is 16.4. The summed E-state index contributed by atoms with van der Waals surface area (Å²) in [5.74, 6) is 0.839. The van der Waals surface area contributed by atoms with Crippen LogP contribution in [0.3, 0.4) is 0 Å². The highest BCUT2D eigenvalue weighted by Crippen LogP contribution is 2.32. The van der Waals surface area contributed by atoms with Gasteiger partial charge in [-0.05, 0) is 24.3 Å². The van der Waals surface area contributed by atoms with Crippen LogP contribution < -0.4 is 15.5 Å². The lowest BCUT2D eigenvalue weighted by molar-refractivity contribution is 0.0958. The molecular formula is C15H17N3O2. The number of para-hydroxylation sites is 2. The predicted octanol–water partition coefficient (Wildman–Crippen LogP) is 1.83. The van der Waals surface area contributed by atoms with Crippen molar-refractivity contribution >= 4 is 17.3 Å². The van der Waals surface area contributed by atoms with Crippen molar-refractivity contribution in [1.29, 1.82) is 0 Å². The number of benzene rings is 1. The molecule has 2 N–H and O–H groups in total. The third-order valence-corrected chi connectivity index (χ3v) is 3.56. The van der Waals surface area contributed by atoms with E-state index < -0.39 is 0 Å². The van der Waals surface area contributed by atoms with E-state index in [0.717, 1.165) is 17.9 Å². The first-order chi connectivity index (χ1) is 9.70. The molecule has 1 amide bonds. The first-order valence-corrected chi connectivity index (χ1v) is 6.61. The molecule has 5 heteroatoms. The molecular weight excluding hydrogens is 254 g/mol. The summed E-state index contributed by atoms with van der Waals surface area (Å²) in [5, 5.41) is 0. The van der Waals surface area contributed by atoms with Crippen LogP contribution in [0.25, 0.3) is 0 Å². The second kappa shape index (κ2) is 5.02. The average molecular weight is 271 g/mol. The maximum absolute atomic E-state index is 12.6. The molecule has 5 nitrogen and oxygen atoms in total. The zero-order chi connectivity index (χ0) is 14.1. The number of likely N-dealkylation sites (N-methyl/N-ethyl adjacent to an activating group) is 1. The number of nitrogens with two attached hydrogens (primary N) is 1. The first kappa shape index (κ1) is 12.7. The fourth-order valence-corrected chi connectivity index (χ4v) is 2.45. The van der Waals surface area contributed by atoms with Crippen LogP contribution in [0.1, 0.15) is 16.3 Å². The molecule has 0 radical (unpaired) electrons. The van der Waals surface area contributed by atoms with Crippen LogP contribution in [0, 0.1) is 0 Å². The van der Waals surface area contributed by atoms with Crippen molar-refractivity contribution in [1.82, 2.24) is 0 Å². The molecule has 20 heavy (non-hydrogen) atoms. The molecule has 2 heterocycles. The second-order valence-corrected chi connectivity index (χ2v) is 4.84. The Labute approximate surface area is 117 Å². The van der Waals surface area contributed by atoms with E-state index in [2.05, 4.69) is 4.90 Å². The number of furan rings is 1. The van der Waals surface area contributed by atoms with Crippen molar-refractivity contribution in [3.63, 3.8) is 0 Å². The van der Waals surface area contributed by atoms with E-state index in [-0.39, 0.29) is 5.91 Å². The maximum atomic E-state index is 12.6. The molecule has 0 aliphatic carbocycles. The van der Waals surface area contributed by atoms with Gasteiger partial charge in [-0.15, -0.1) is 0 Å². The normalized spacial score (nSPS) is 14.3. The minimum atomic E-state index is -0.120. The third kappa shape index (κ3) is 2.06. The highest BCUT2D eigenvalue weighted by Gasteiger charge is 2.27. The van der Waals surface area contributed by atoms with Gasteiger partial charge in [-0.25, -0.2) is 0 Å². The van der Waals surface area contributed by atoms with Crippen molar-refractivity contribution in [2.45, 2.75) is 6.54 Å². The fraction of sp³-hybridized carbons (Fsp3) is 0.267. The summed E-state index contributed by atoms with van der Waals surface area (Å²) in [6, 6.07) is 11.3. The van der Waals surface area contributed by atoms with Gasteiger partial charge in [0.2, 0.25) is 0 Å². The van der Waals surface area contributed by atoms with Crippen LogP contribution in [-0.2, 0) is 6.54 Å². The molecule has 0 fully saturated rings. The van der Waals surface area contributed by atoms with Crippen molar-refractivity contribution in [2.75, 3.05) is 29.9 Å².